The van der Waals surface area contributed by atoms with Crippen LogP contribution in [-0.2, 0) is 9.59 Å². The standard InChI is InChI=1S/C12H23N3O2/c1-13-12(15(4)9-16)7-5-10(6-8-12)11(17)14(2)3/h9-10,13H,5-8H2,1-4H3. The largest absolute Gasteiger partial charge is 0.349 e. The van der Waals surface area contributed by atoms with E-state index in [0.717, 1.165) is 32.1 Å². The summed E-state index contributed by atoms with van der Waals surface area (Å²) in [6.45, 7) is 0. The molecule has 0 aromatic carbocycles. The van der Waals surface area contributed by atoms with Crippen LogP contribution in [0.2, 0.25) is 0 Å². The predicted octanol–water partition coefficient (Wildman–Crippen LogP) is 0.269. The van der Waals surface area contributed by atoms with Crippen molar-refractivity contribution in [1.29, 1.82) is 0 Å². The molecule has 1 fully saturated rings. The van der Waals surface area contributed by atoms with E-state index in [4.69, 9.17) is 0 Å². The lowest BCUT2D eigenvalue weighted by molar-refractivity contribution is -0.136. The van der Waals surface area contributed by atoms with Crippen LogP contribution in [0.4, 0.5) is 0 Å². The molecule has 5 nitrogen and oxygen atoms in total. The fraction of sp³-hybridized carbons (Fsp3) is 0.833. The topological polar surface area (TPSA) is 52.7 Å². The molecule has 0 aromatic heterocycles. The normalized spacial score (nSPS) is 28.6. The summed E-state index contributed by atoms with van der Waals surface area (Å²) in [6.07, 6.45) is 4.16. The minimum absolute atomic E-state index is 0.103. The highest BCUT2D eigenvalue weighted by molar-refractivity contribution is 5.78. The molecule has 1 saturated carbocycles. The van der Waals surface area contributed by atoms with Gasteiger partial charge in [-0.25, -0.2) is 0 Å². The van der Waals surface area contributed by atoms with Gasteiger partial charge < -0.3 is 9.80 Å². The molecule has 0 aromatic rings. The number of rotatable bonds is 4. The van der Waals surface area contributed by atoms with Crippen molar-refractivity contribution in [1.82, 2.24) is 15.1 Å². The number of carbonyl (C=O) groups excluding carboxylic acids is 2. The van der Waals surface area contributed by atoms with Crippen LogP contribution in [0.15, 0.2) is 0 Å². The van der Waals surface area contributed by atoms with Crippen LogP contribution in [0, 0.1) is 5.92 Å². The van der Waals surface area contributed by atoms with Crippen molar-refractivity contribution in [2.45, 2.75) is 31.3 Å². The van der Waals surface area contributed by atoms with Crippen LogP contribution in [0.5, 0.6) is 0 Å². The summed E-state index contributed by atoms with van der Waals surface area (Å²) in [5, 5.41) is 3.23. The van der Waals surface area contributed by atoms with Gasteiger partial charge in [0.2, 0.25) is 12.3 Å². The van der Waals surface area contributed by atoms with Crippen molar-refractivity contribution in [2.24, 2.45) is 5.92 Å². The summed E-state index contributed by atoms with van der Waals surface area (Å²) < 4.78 is 0. The Morgan fingerprint density at radius 1 is 1.29 bits per heavy atom. The summed E-state index contributed by atoms with van der Waals surface area (Å²) in [5.74, 6) is 0.301. The highest BCUT2D eigenvalue weighted by atomic mass is 16.2. The summed E-state index contributed by atoms with van der Waals surface area (Å²) in [5.41, 5.74) is -0.273. The lowest BCUT2D eigenvalue weighted by Gasteiger charge is -2.44. The molecule has 5 heteroatoms. The molecule has 0 heterocycles. The van der Waals surface area contributed by atoms with Crippen molar-refractivity contribution in [3.05, 3.63) is 0 Å². The molecule has 1 N–H and O–H groups in total. The van der Waals surface area contributed by atoms with E-state index in [-0.39, 0.29) is 17.5 Å². The fourth-order valence-electron chi connectivity index (χ4n) is 2.59. The van der Waals surface area contributed by atoms with Gasteiger partial charge in [0.1, 0.15) is 0 Å². The summed E-state index contributed by atoms with van der Waals surface area (Å²) in [4.78, 5) is 26.1. The van der Waals surface area contributed by atoms with Gasteiger partial charge in [0.25, 0.3) is 0 Å². The van der Waals surface area contributed by atoms with E-state index in [0.29, 0.717) is 0 Å². The minimum atomic E-state index is -0.273. The van der Waals surface area contributed by atoms with Gasteiger partial charge in [0.15, 0.2) is 0 Å². The Morgan fingerprint density at radius 2 is 1.82 bits per heavy atom. The van der Waals surface area contributed by atoms with Crippen LogP contribution in [0.3, 0.4) is 0 Å². The first-order chi connectivity index (χ1) is 7.96. The van der Waals surface area contributed by atoms with Gasteiger partial charge in [-0.2, -0.15) is 0 Å². The molecule has 2 amide bonds. The summed E-state index contributed by atoms with van der Waals surface area (Å²) in [7, 11) is 7.24. The SMILES string of the molecule is CNC1(N(C)C=O)CCC(C(=O)N(C)C)CC1. The lowest BCUT2D eigenvalue weighted by Crippen LogP contribution is -2.58. The maximum Gasteiger partial charge on any atom is 0.225 e. The Labute approximate surface area is 103 Å². The molecule has 0 radical (unpaired) electrons. The zero-order valence-corrected chi connectivity index (χ0v) is 11.2. The molecule has 1 aliphatic rings. The summed E-state index contributed by atoms with van der Waals surface area (Å²) >= 11 is 0. The predicted molar refractivity (Wildman–Crippen MR) is 66.3 cm³/mol. The minimum Gasteiger partial charge on any atom is -0.349 e. The van der Waals surface area contributed by atoms with Crippen molar-refractivity contribution < 1.29 is 9.59 Å². The maximum absolute atomic E-state index is 11.9. The molecule has 1 rings (SSSR count). The molecule has 1 aliphatic carbocycles. The average Bonchev–Trinajstić information content (AvgIpc) is 2.36. The lowest BCUT2D eigenvalue weighted by atomic mass is 9.80. The Bertz CT molecular complexity index is 283. The van der Waals surface area contributed by atoms with E-state index < -0.39 is 0 Å². The second-order valence-corrected chi connectivity index (χ2v) is 5.00. The maximum atomic E-state index is 11.9. The quantitative estimate of drug-likeness (QED) is 0.568. The van der Waals surface area contributed by atoms with Crippen LogP contribution in [-0.4, -0.2) is 56.0 Å². The molecule has 0 unspecified atom stereocenters. The Kier molecular flexibility index (Phi) is 4.51. The Hall–Kier alpha value is -1.10. The van der Waals surface area contributed by atoms with E-state index in [1.807, 2.05) is 7.05 Å². The molecular formula is C12H23N3O2. The average molecular weight is 241 g/mol. The number of nitrogens with one attached hydrogen (secondary N) is 1. The molecule has 17 heavy (non-hydrogen) atoms. The monoisotopic (exact) mass is 241 g/mol. The first-order valence-corrected chi connectivity index (χ1v) is 6.05. The third-order valence-corrected chi connectivity index (χ3v) is 3.90. The van der Waals surface area contributed by atoms with Crippen LogP contribution >= 0.6 is 0 Å². The number of amides is 2. The van der Waals surface area contributed by atoms with E-state index in [2.05, 4.69) is 5.32 Å². The molecule has 98 valence electrons. The Morgan fingerprint density at radius 3 is 2.18 bits per heavy atom. The second-order valence-electron chi connectivity index (χ2n) is 5.00. The first-order valence-electron chi connectivity index (χ1n) is 6.05. The van der Waals surface area contributed by atoms with Gasteiger partial charge in [0.05, 0.1) is 5.66 Å². The van der Waals surface area contributed by atoms with Crippen LogP contribution in [0.25, 0.3) is 0 Å². The number of carbonyl (C=O) groups is 2. The van der Waals surface area contributed by atoms with Crippen LogP contribution in [0.1, 0.15) is 25.7 Å². The van der Waals surface area contributed by atoms with E-state index in [1.54, 1.807) is 30.9 Å². The second kappa shape index (κ2) is 5.49. The highest BCUT2D eigenvalue weighted by Gasteiger charge is 2.39. The molecular weight excluding hydrogens is 218 g/mol. The molecule has 0 aliphatic heterocycles. The van der Waals surface area contributed by atoms with E-state index >= 15 is 0 Å². The molecule has 0 bridgehead atoms. The van der Waals surface area contributed by atoms with E-state index in [9.17, 15) is 9.59 Å². The smallest absolute Gasteiger partial charge is 0.225 e. The van der Waals surface area contributed by atoms with Crippen molar-refractivity contribution >= 4 is 12.3 Å². The third-order valence-electron chi connectivity index (χ3n) is 3.90. The molecule has 0 atom stereocenters. The zero-order valence-electron chi connectivity index (χ0n) is 11.2. The number of nitrogens with zero attached hydrogens (tertiary/aromatic N) is 2. The van der Waals surface area contributed by atoms with Crippen LogP contribution < -0.4 is 5.32 Å². The van der Waals surface area contributed by atoms with Gasteiger partial charge in [0, 0.05) is 27.1 Å². The molecule has 0 spiro atoms. The fourth-order valence-corrected chi connectivity index (χ4v) is 2.59. The highest BCUT2D eigenvalue weighted by Crippen LogP contribution is 2.33. The van der Waals surface area contributed by atoms with Crippen molar-refractivity contribution in [3.8, 4) is 0 Å². The van der Waals surface area contributed by atoms with Crippen molar-refractivity contribution in [2.75, 3.05) is 28.2 Å². The summed E-state index contributed by atoms with van der Waals surface area (Å²) in [6, 6.07) is 0. The van der Waals surface area contributed by atoms with Gasteiger partial charge in [-0.3, -0.25) is 14.9 Å². The third kappa shape index (κ3) is 2.77. The van der Waals surface area contributed by atoms with Gasteiger partial charge in [-0.05, 0) is 32.7 Å². The first kappa shape index (κ1) is 14.0. The number of hydrogen-bond donors (Lipinski definition) is 1. The zero-order chi connectivity index (χ0) is 13.1. The van der Waals surface area contributed by atoms with E-state index in [1.165, 1.54) is 0 Å². The molecule has 0 saturated heterocycles. The van der Waals surface area contributed by atoms with Crippen molar-refractivity contribution in [3.63, 3.8) is 0 Å². The number of hydrogen-bond acceptors (Lipinski definition) is 3. The van der Waals surface area contributed by atoms with Gasteiger partial charge in [-0.1, -0.05) is 0 Å². The Balaban J connectivity index is 2.65. The van der Waals surface area contributed by atoms with Gasteiger partial charge >= 0.3 is 0 Å². The van der Waals surface area contributed by atoms with Gasteiger partial charge in [-0.15, -0.1) is 0 Å².